The normalized spacial score (nSPS) is 20.4. The van der Waals surface area contributed by atoms with Gasteiger partial charge in [-0.3, -0.25) is 9.59 Å². The van der Waals surface area contributed by atoms with E-state index in [0.717, 1.165) is 43.5 Å². The Bertz CT molecular complexity index is 1290. The van der Waals surface area contributed by atoms with E-state index in [-0.39, 0.29) is 29.8 Å². The number of amides is 2. The number of ether oxygens (including phenoxy) is 1. The molecule has 2 aromatic rings. The van der Waals surface area contributed by atoms with Crippen LogP contribution >= 0.6 is 0 Å². The van der Waals surface area contributed by atoms with Gasteiger partial charge in [-0.1, -0.05) is 48.5 Å². The highest BCUT2D eigenvalue weighted by Gasteiger charge is 2.30. The Morgan fingerprint density at radius 3 is 2.58 bits per heavy atom. The zero-order valence-corrected chi connectivity index (χ0v) is 23.9. The van der Waals surface area contributed by atoms with Gasteiger partial charge in [-0.15, -0.1) is 0 Å². The topological polar surface area (TPSA) is 100 Å². The molecule has 1 saturated heterocycles. The molecular formula is C32H41N5O3. The van der Waals surface area contributed by atoms with Gasteiger partial charge in [0.2, 0.25) is 0 Å². The first-order valence-corrected chi connectivity index (χ1v) is 14.0. The molecule has 2 amide bonds. The Hall–Kier alpha value is -3.75. The van der Waals surface area contributed by atoms with Gasteiger partial charge in [0, 0.05) is 38.0 Å². The standard InChI is InChI=1S/C32H41N5O3/c1-22-8-5-9-25(18-22)21-40-29-13-7-12-28(29)35-31(38)24(3)30(33)34-20-23(2)26-10-6-11-27(19-26)32(39)37-16-14-36(4)15-17-37/h5-6,8-11,18-20,28-29H,2,7,12-17,21,33H2,1,3-4H3,(H,35,38)/b30-24+,34-20-/t28-,29-/m0/s1. The van der Waals surface area contributed by atoms with Gasteiger partial charge in [0.05, 0.1) is 24.3 Å². The van der Waals surface area contributed by atoms with Gasteiger partial charge in [-0.05, 0) is 69.0 Å². The molecule has 212 valence electrons. The maximum Gasteiger partial charge on any atom is 0.253 e. The summed E-state index contributed by atoms with van der Waals surface area (Å²) < 4.78 is 6.16. The van der Waals surface area contributed by atoms with Crippen molar-refractivity contribution in [1.29, 1.82) is 0 Å². The number of nitrogens with one attached hydrogen (secondary N) is 1. The van der Waals surface area contributed by atoms with Crippen LogP contribution in [0.25, 0.3) is 5.57 Å². The third-order valence-corrected chi connectivity index (χ3v) is 7.67. The number of rotatable bonds is 9. The molecule has 2 atom stereocenters. The largest absolute Gasteiger partial charge is 0.383 e. The summed E-state index contributed by atoms with van der Waals surface area (Å²) in [6.07, 6.45) is 4.26. The Morgan fingerprint density at radius 2 is 1.82 bits per heavy atom. The number of nitrogens with two attached hydrogens (primary N) is 1. The zero-order chi connectivity index (χ0) is 28.6. The lowest BCUT2D eigenvalue weighted by molar-refractivity contribution is -0.119. The third-order valence-electron chi connectivity index (χ3n) is 7.67. The quantitative estimate of drug-likeness (QED) is 0.369. The monoisotopic (exact) mass is 543 g/mol. The molecule has 8 nitrogen and oxygen atoms in total. The van der Waals surface area contributed by atoms with Crippen molar-refractivity contribution in [3.63, 3.8) is 0 Å². The highest BCUT2D eigenvalue weighted by atomic mass is 16.5. The fourth-order valence-electron chi connectivity index (χ4n) is 5.05. The summed E-state index contributed by atoms with van der Waals surface area (Å²) in [5, 5.41) is 3.09. The Kier molecular flexibility index (Phi) is 9.90. The number of carbonyl (C=O) groups is 2. The summed E-state index contributed by atoms with van der Waals surface area (Å²) in [4.78, 5) is 34.3. The van der Waals surface area contributed by atoms with Crippen LogP contribution in [-0.2, 0) is 16.1 Å². The summed E-state index contributed by atoms with van der Waals surface area (Å²) in [6, 6.07) is 15.6. The van der Waals surface area contributed by atoms with Gasteiger partial charge in [0.1, 0.15) is 5.82 Å². The molecule has 4 rings (SSSR count). The average Bonchev–Trinajstić information content (AvgIpc) is 3.41. The van der Waals surface area contributed by atoms with Crippen molar-refractivity contribution >= 4 is 23.6 Å². The van der Waals surface area contributed by atoms with Crippen LogP contribution in [0.3, 0.4) is 0 Å². The van der Waals surface area contributed by atoms with Crippen LogP contribution in [-0.4, -0.2) is 73.2 Å². The SMILES string of the molecule is C=C(/C=N\C(N)=C(/C)C(=O)N[C@H]1CCC[C@@H]1OCc1cccc(C)c1)c1cccc(C(=O)N2CCN(C)CC2)c1. The van der Waals surface area contributed by atoms with Gasteiger partial charge in [0.25, 0.3) is 11.8 Å². The highest BCUT2D eigenvalue weighted by molar-refractivity contribution is 6.10. The van der Waals surface area contributed by atoms with E-state index >= 15 is 0 Å². The number of likely N-dealkylation sites (N-methyl/N-ethyl adjacent to an activating group) is 1. The van der Waals surface area contributed by atoms with Gasteiger partial charge in [0.15, 0.2) is 0 Å². The van der Waals surface area contributed by atoms with Crippen LogP contribution in [0, 0.1) is 6.92 Å². The summed E-state index contributed by atoms with van der Waals surface area (Å²) >= 11 is 0. The predicted molar refractivity (Wildman–Crippen MR) is 160 cm³/mol. The molecule has 1 aliphatic carbocycles. The van der Waals surface area contributed by atoms with E-state index in [1.54, 1.807) is 6.92 Å². The number of benzene rings is 2. The van der Waals surface area contributed by atoms with E-state index in [1.807, 2.05) is 35.2 Å². The Morgan fingerprint density at radius 1 is 1.10 bits per heavy atom. The summed E-state index contributed by atoms with van der Waals surface area (Å²) in [6.45, 7) is 11.5. The molecule has 8 heteroatoms. The first kappa shape index (κ1) is 29.2. The zero-order valence-electron chi connectivity index (χ0n) is 23.9. The lowest BCUT2D eigenvalue weighted by atomic mass is 10.0. The summed E-state index contributed by atoms with van der Waals surface area (Å²) in [7, 11) is 2.06. The molecule has 0 radical (unpaired) electrons. The maximum absolute atomic E-state index is 13.0. The minimum atomic E-state index is -0.254. The molecule has 1 saturated carbocycles. The lowest BCUT2D eigenvalue weighted by Gasteiger charge is -2.32. The van der Waals surface area contributed by atoms with Crippen molar-refractivity contribution in [3.05, 3.63) is 88.8 Å². The van der Waals surface area contributed by atoms with Crippen LogP contribution < -0.4 is 11.1 Å². The molecule has 2 fully saturated rings. The minimum absolute atomic E-state index is 0.0136. The Balaban J connectivity index is 1.33. The lowest BCUT2D eigenvalue weighted by Crippen LogP contribution is -2.47. The third kappa shape index (κ3) is 7.67. The van der Waals surface area contributed by atoms with Crippen molar-refractivity contribution in [2.45, 2.75) is 51.9 Å². The van der Waals surface area contributed by atoms with E-state index < -0.39 is 0 Å². The second-order valence-electron chi connectivity index (χ2n) is 10.8. The van der Waals surface area contributed by atoms with Crippen LogP contribution in [0.2, 0.25) is 0 Å². The molecule has 2 aliphatic rings. The van der Waals surface area contributed by atoms with Crippen LogP contribution in [0.5, 0.6) is 0 Å². The number of allylic oxidation sites excluding steroid dienone is 1. The predicted octanol–water partition coefficient (Wildman–Crippen LogP) is 3.91. The van der Waals surface area contributed by atoms with Gasteiger partial charge < -0.3 is 25.6 Å². The fourth-order valence-corrected chi connectivity index (χ4v) is 5.05. The number of aliphatic imine (C=N–C) groups is 1. The van der Waals surface area contributed by atoms with Crippen molar-refractivity contribution in [2.24, 2.45) is 10.7 Å². The molecule has 40 heavy (non-hydrogen) atoms. The minimum Gasteiger partial charge on any atom is -0.383 e. The van der Waals surface area contributed by atoms with E-state index in [0.29, 0.717) is 36.4 Å². The number of aryl methyl sites for hydroxylation is 1. The molecule has 0 unspecified atom stereocenters. The number of nitrogens with zero attached hydrogens (tertiary/aromatic N) is 3. The molecule has 1 aliphatic heterocycles. The second-order valence-corrected chi connectivity index (χ2v) is 10.8. The van der Waals surface area contributed by atoms with Crippen molar-refractivity contribution in [1.82, 2.24) is 15.1 Å². The van der Waals surface area contributed by atoms with Crippen LogP contribution in [0.1, 0.15) is 53.2 Å². The first-order chi connectivity index (χ1) is 19.2. The molecule has 2 aromatic carbocycles. The number of hydrogen-bond acceptors (Lipinski definition) is 6. The van der Waals surface area contributed by atoms with E-state index in [1.165, 1.54) is 11.8 Å². The highest BCUT2D eigenvalue weighted by Crippen LogP contribution is 2.24. The van der Waals surface area contributed by atoms with Gasteiger partial charge in [-0.25, -0.2) is 4.99 Å². The van der Waals surface area contributed by atoms with Crippen molar-refractivity contribution < 1.29 is 14.3 Å². The maximum atomic E-state index is 13.0. The molecule has 0 spiro atoms. The van der Waals surface area contributed by atoms with Gasteiger partial charge >= 0.3 is 0 Å². The van der Waals surface area contributed by atoms with Gasteiger partial charge in [-0.2, -0.15) is 0 Å². The fraction of sp³-hybridized carbons (Fsp3) is 0.406. The average molecular weight is 544 g/mol. The van der Waals surface area contributed by atoms with E-state index in [4.69, 9.17) is 10.5 Å². The number of hydrogen-bond donors (Lipinski definition) is 2. The number of carbonyl (C=O) groups excluding carboxylic acids is 2. The molecule has 0 aromatic heterocycles. The second kappa shape index (κ2) is 13.5. The molecule has 1 heterocycles. The van der Waals surface area contributed by atoms with E-state index in [9.17, 15) is 9.59 Å². The number of piperazine rings is 1. The molecule has 0 bridgehead atoms. The summed E-state index contributed by atoms with van der Waals surface area (Å²) in [5.74, 6) is -0.116. The van der Waals surface area contributed by atoms with Crippen LogP contribution in [0.4, 0.5) is 0 Å². The smallest absolute Gasteiger partial charge is 0.253 e. The van der Waals surface area contributed by atoms with Crippen molar-refractivity contribution in [2.75, 3.05) is 33.2 Å². The Labute approximate surface area is 237 Å². The van der Waals surface area contributed by atoms with Crippen LogP contribution in [0.15, 0.2) is 71.5 Å². The van der Waals surface area contributed by atoms with E-state index in [2.05, 4.69) is 54.0 Å². The molecular weight excluding hydrogens is 502 g/mol. The summed E-state index contributed by atoms with van der Waals surface area (Å²) in [5.41, 5.74) is 10.8. The van der Waals surface area contributed by atoms with Crippen molar-refractivity contribution in [3.8, 4) is 0 Å². The molecule has 3 N–H and O–H groups in total. The first-order valence-electron chi connectivity index (χ1n) is 14.0.